The van der Waals surface area contributed by atoms with Crippen LogP contribution in [0.4, 0.5) is 0 Å². The van der Waals surface area contributed by atoms with Crippen LogP contribution in [0.3, 0.4) is 0 Å². The Bertz CT molecular complexity index is 551. The van der Waals surface area contributed by atoms with E-state index < -0.39 is 0 Å². The van der Waals surface area contributed by atoms with Crippen LogP contribution in [-0.2, 0) is 13.0 Å². The van der Waals surface area contributed by atoms with Gasteiger partial charge < -0.3 is 14.5 Å². The Kier molecular flexibility index (Phi) is 3.51. The van der Waals surface area contributed by atoms with Gasteiger partial charge in [-0.15, -0.1) is 0 Å². The molecule has 1 unspecified atom stereocenters. The largest absolute Gasteiger partial charge is 0.481 e. The summed E-state index contributed by atoms with van der Waals surface area (Å²) >= 11 is 0. The van der Waals surface area contributed by atoms with Crippen LogP contribution < -0.4 is 10.1 Å². The molecule has 0 fully saturated rings. The van der Waals surface area contributed by atoms with Gasteiger partial charge in [-0.3, -0.25) is 0 Å². The van der Waals surface area contributed by atoms with Crippen molar-refractivity contribution < 1.29 is 9.15 Å². The number of methoxy groups -OCH3 is 1. The van der Waals surface area contributed by atoms with Crippen LogP contribution in [0.15, 0.2) is 34.9 Å². The SMILES string of the molecule is COc1cccc(CNC2CCCc3occc32)n1. The highest BCUT2D eigenvalue weighted by Crippen LogP contribution is 2.30. The Labute approximate surface area is 112 Å². The van der Waals surface area contributed by atoms with Gasteiger partial charge >= 0.3 is 0 Å². The topological polar surface area (TPSA) is 47.3 Å². The number of fused-ring (bicyclic) bond motifs is 1. The second-order valence-electron chi connectivity index (χ2n) is 4.80. The van der Waals surface area contributed by atoms with Gasteiger partial charge in [0, 0.05) is 30.6 Å². The smallest absolute Gasteiger partial charge is 0.213 e. The summed E-state index contributed by atoms with van der Waals surface area (Å²) in [6, 6.07) is 8.28. The molecule has 4 heteroatoms. The molecule has 0 aliphatic heterocycles. The van der Waals surface area contributed by atoms with E-state index in [-0.39, 0.29) is 0 Å². The fourth-order valence-electron chi connectivity index (χ4n) is 2.60. The summed E-state index contributed by atoms with van der Waals surface area (Å²) < 4.78 is 10.6. The fourth-order valence-corrected chi connectivity index (χ4v) is 2.60. The van der Waals surface area contributed by atoms with Gasteiger partial charge in [0.1, 0.15) is 5.76 Å². The summed E-state index contributed by atoms with van der Waals surface area (Å²) in [5.41, 5.74) is 2.30. The number of nitrogens with zero attached hydrogens (tertiary/aromatic N) is 1. The number of pyridine rings is 1. The van der Waals surface area contributed by atoms with E-state index in [0.29, 0.717) is 11.9 Å². The molecule has 19 heavy (non-hydrogen) atoms. The summed E-state index contributed by atoms with van der Waals surface area (Å²) in [7, 11) is 1.64. The highest BCUT2D eigenvalue weighted by atomic mass is 16.5. The Balaban J connectivity index is 1.67. The lowest BCUT2D eigenvalue weighted by molar-refractivity contribution is 0.390. The van der Waals surface area contributed by atoms with E-state index >= 15 is 0 Å². The number of rotatable bonds is 4. The van der Waals surface area contributed by atoms with Gasteiger partial charge in [0.15, 0.2) is 0 Å². The zero-order valence-electron chi connectivity index (χ0n) is 11.1. The molecule has 1 aliphatic rings. The Morgan fingerprint density at radius 3 is 3.26 bits per heavy atom. The van der Waals surface area contributed by atoms with Gasteiger partial charge in [0.05, 0.1) is 19.1 Å². The summed E-state index contributed by atoms with van der Waals surface area (Å²) in [6.45, 7) is 0.743. The Hall–Kier alpha value is -1.81. The van der Waals surface area contributed by atoms with Gasteiger partial charge in [0.2, 0.25) is 5.88 Å². The molecule has 3 rings (SSSR count). The van der Waals surface area contributed by atoms with Crippen molar-refractivity contribution in [1.82, 2.24) is 10.3 Å². The molecule has 0 amide bonds. The van der Waals surface area contributed by atoms with E-state index in [1.165, 1.54) is 12.0 Å². The maximum absolute atomic E-state index is 5.50. The molecular weight excluding hydrogens is 240 g/mol. The summed E-state index contributed by atoms with van der Waals surface area (Å²) in [6.07, 6.45) is 5.16. The predicted octanol–water partition coefficient (Wildman–Crippen LogP) is 2.85. The molecular formula is C15H18N2O2. The van der Waals surface area contributed by atoms with Crippen molar-refractivity contribution in [2.24, 2.45) is 0 Å². The Morgan fingerprint density at radius 1 is 1.42 bits per heavy atom. The zero-order valence-corrected chi connectivity index (χ0v) is 11.1. The van der Waals surface area contributed by atoms with Crippen LogP contribution in [0.5, 0.6) is 5.88 Å². The molecule has 4 nitrogen and oxygen atoms in total. The van der Waals surface area contributed by atoms with Crippen LogP contribution in [0.25, 0.3) is 0 Å². The molecule has 2 aromatic heterocycles. The van der Waals surface area contributed by atoms with E-state index in [1.54, 1.807) is 13.4 Å². The van der Waals surface area contributed by atoms with Crippen molar-refractivity contribution in [3.8, 4) is 5.88 Å². The lowest BCUT2D eigenvalue weighted by atomic mass is 9.93. The first-order valence-electron chi connectivity index (χ1n) is 6.66. The number of aromatic nitrogens is 1. The minimum absolute atomic E-state index is 0.371. The van der Waals surface area contributed by atoms with Gasteiger partial charge in [-0.25, -0.2) is 4.98 Å². The maximum atomic E-state index is 5.50. The maximum Gasteiger partial charge on any atom is 0.213 e. The van der Waals surface area contributed by atoms with Crippen LogP contribution in [0.1, 0.15) is 35.9 Å². The minimum Gasteiger partial charge on any atom is -0.481 e. The lowest BCUT2D eigenvalue weighted by Gasteiger charge is -2.22. The molecule has 0 saturated heterocycles. The van der Waals surface area contributed by atoms with Crippen LogP contribution in [0.2, 0.25) is 0 Å². The van der Waals surface area contributed by atoms with Crippen molar-refractivity contribution in [3.05, 3.63) is 47.5 Å². The molecule has 1 atom stereocenters. The highest BCUT2D eigenvalue weighted by molar-refractivity contribution is 5.24. The minimum atomic E-state index is 0.371. The zero-order chi connectivity index (χ0) is 13.1. The molecule has 0 radical (unpaired) electrons. The molecule has 0 aromatic carbocycles. The average Bonchev–Trinajstić information content (AvgIpc) is 2.94. The highest BCUT2D eigenvalue weighted by Gasteiger charge is 2.21. The van der Waals surface area contributed by atoms with Gasteiger partial charge in [-0.05, 0) is 25.0 Å². The third-order valence-electron chi connectivity index (χ3n) is 3.57. The Morgan fingerprint density at radius 2 is 2.37 bits per heavy atom. The van der Waals surface area contributed by atoms with Crippen molar-refractivity contribution >= 4 is 0 Å². The monoisotopic (exact) mass is 258 g/mol. The first-order valence-corrected chi connectivity index (χ1v) is 6.66. The van der Waals surface area contributed by atoms with Crippen LogP contribution in [0, 0.1) is 0 Å². The summed E-state index contributed by atoms with van der Waals surface area (Å²) in [5.74, 6) is 1.79. The van der Waals surface area contributed by atoms with Crippen molar-refractivity contribution in [1.29, 1.82) is 0 Å². The number of furan rings is 1. The quantitative estimate of drug-likeness (QED) is 0.916. The van der Waals surface area contributed by atoms with E-state index in [4.69, 9.17) is 9.15 Å². The number of ether oxygens (including phenoxy) is 1. The molecule has 2 aromatic rings. The fraction of sp³-hybridized carbons (Fsp3) is 0.400. The number of hydrogen-bond acceptors (Lipinski definition) is 4. The number of nitrogens with one attached hydrogen (secondary N) is 1. The van der Waals surface area contributed by atoms with Crippen molar-refractivity contribution in [2.45, 2.75) is 31.8 Å². The second kappa shape index (κ2) is 5.45. The summed E-state index contributed by atoms with van der Waals surface area (Å²) in [4.78, 5) is 4.41. The molecule has 1 aliphatic carbocycles. The molecule has 0 spiro atoms. The first-order chi connectivity index (χ1) is 9.36. The third-order valence-corrected chi connectivity index (χ3v) is 3.57. The van der Waals surface area contributed by atoms with Crippen molar-refractivity contribution in [2.75, 3.05) is 7.11 Å². The van der Waals surface area contributed by atoms with Gasteiger partial charge in [-0.2, -0.15) is 0 Å². The van der Waals surface area contributed by atoms with Crippen LogP contribution in [-0.4, -0.2) is 12.1 Å². The number of aryl methyl sites for hydroxylation is 1. The average molecular weight is 258 g/mol. The molecule has 0 bridgehead atoms. The molecule has 2 heterocycles. The molecule has 100 valence electrons. The van der Waals surface area contributed by atoms with E-state index in [0.717, 1.165) is 30.8 Å². The molecule has 1 N–H and O–H groups in total. The second-order valence-corrected chi connectivity index (χ2v) is 4.80. The van der Waals surface area contributed by atoms with E-state index in [9.17, 15) is 0 Å². The van der Waals surface area contributed by atoms with Gasteiger partial charge in [0.25, 0.3) is 0 Å². The summed E-state index contributed by atoms with van der Waals surface area (Å²) in [5, 5.41) is 3.55. The predicted molar refractivity (Wildman–Crippen MR) is 72.0 cm³/mol. The van der Waals surface area contributed by atoms with E-state index in [1.807, 2.05) is 18.2 Å². The number of hydrogen-bond donors (Lipinski definition) is 1. The lowest BCUT2D eigenvalue weighted by Crippen LogP contribution is -2.24. The van der Waals surface area contributed by atoms with Crippen molar-refractivity contribution in [3.63, 3.8) is 0 Å². The van der Waals surface area contributed by atoms with Gasteiger partial charge in [-0.1, -0.05) is 6.07 Å². The van der Waals surface area contributed by atoms with E-state index in [2.05, 4.69) is 16.4 Å². The van der Waals surface area contributed by atoms with Crippen LogP contribution >= 0.6 is 0 Å². The normalized spacial score (nSPS) is 18.1. The first kappa shape index (κ1) is 12.2. The third kappa shape index (κ3) is 2.63. The molecule has 0 saturated carbocycles. The standard InChI is InChI=1S/C15H18N2O2/c1-18-15-7-2-4-11(17-15)10-16-13-5-3-6-14-12(13)8-9-19-14/h2,4,7-9,13,16H,3,5-6,10H2,1H3.